The molecule has 6 heteroatoms. The van der Waals surface area contributed by atoms with Crippen LogP contribution in [-0.4, -0.2) is 35.2 Å². The normalized spacial score (nSPS) is 9.68. The molecule has 1 rings (SSSR count). The third kappa shape index (κ3) is 23.3. The molecule has 1 atom stereocenters. The molecule has 1 aromatic rings. The number of unbranched alkanes of at least 4 members (excludes halogenated alkanes) is 1. The second-order valence-corrected chi connectivity index (χ2v) is 7.50. The fraction of sp³-hybridized carbons (Fsp3) is 0.393. The summed E-state index contributed by atoms with van der Waals surface area (Å²) in [7, 11) is 1.33. The summed E-state index contributed by atoms with van der Waals surface area (Å²) < 4.78 is 4.27. The van der Waals surface area contributed by atoms with Crippen molar-refractivity contribution in [1.82, 2.24) is 0 Å². The quantitative estimate of drug-likeness (QED) is 0.281. The molecule has 1 aromatic carbocycles. The van der Waals surface area contributed by atoms with Gasteiger partial charge < -0.3 is 14.9 Å². The van der Waals surface area contributed by atoms with Crippen molar-refractivity contribution in [2.45, 2.75) is 59.8 Å². The van der Waals surface area contributed by atoms with E-state index in [9.17, 15) is 14.4 Å². The minimum absolute atomic E-state index is 0.176. The van der Waals surface area contributed by atoms with E-state index in [1.807, 2.05) is 36.4 Å². The maximum absolute atomic E-state index is 10.5. The van der Waals surface area contributed by atoms with Crippen LogP contribution in [0, 0.1) is 5.92 Å². The van der Waals surface area contributed by atoms with Crippen LogP contribution in [-0.2, 0) is 19.1 Å². The van der Waals surface area contributed by atoms with Gasteiger partial charge in [-0.2, -0.15) is 0 Å². The molecule has 0 amide bonds. The molecular formula is C28H42O6. The average molecular weight is 475 g/mol. The number of rotatable bonds is 10. The van der Waals surface area contributed by atoms with Crippen molar-refractivity contribution < 1.29 is 29.3 Å². The smallest absolute Gasteiger partial charge is 0.332 e. The largest absolute Gasteiger partial charge is 0.478 e. The van der Waals surface area contributed by atoms with Gasteiger partial charge in [-0.15, -0.1) is 0 Å². The predicted molar refractivity (Wildman–Crippen MR) is 141 cm³/mol. The molecule has 0 radical (unpaired) electrons. The predicted octanol–water partition coefficient (Wildman–Crippen LogP) is 6.95. The van der Waals surface area contributed by atoms with Gasteiger partial charge in [-0.1, -0.05) is 102 Å². The number of carboxylic acid groups (broad SMARTS) is 2. The maximum Gasteiger partial charge on any atom is 0.332 e. The molecule has 0 aliphatic heterocycles. The number of methoxy groups -OCH3 is 1. The lowest BCUT2D eigenvalue weighted by atomic mass is 9.92. The Morgan fingerprint density at radius 2 is 1.47 bits per heavy atom. The summed E-state index contributed by atoms with van der Waals surface area (Å²) in [5.74, 6) is -1.63. The van der Waals surface area contributed by atoms with Crippen molar-refractivity contribution in [3.8, 4) is 0 Å². The van der Waals surface area contributed by atoms with Crippen LogP contribution in [0.4, 0.5) is 0 Å². The molecular weight excluding hydrogens is 432 g/mol. The summed E-state index contributed by atoms with van der Waals surface area (Å²) in [5.41, 5.74) is 2.13. The highest BCUT2D eigenvalue weighted by molar-refractivity contribution is 5.86. The second kappa shape index (κ2) is 22.8. The lowest BCUT2D eigenvalue weighted by molar-refractivity contribution is -0.136. The molecule has 0 unspecified atom stereocenters. The zero-order chi connectivity index (χ0) is 27.1. The third-order valence-electron chi connectivity index (χ3n) is 4.32. The van der Waals surface area contributed by atoms with E-state index in [4.69, 9.17) is 10.2 Å². The van der Waals surface area contributed by atoms with E-state index in [0.717, 1.165) is 12.8 Å². The van der Waals surface area contributed by atoms with Gasteiger partial charge in [0.25, 0.3) is 0 Å². The Hall–Kier alpha value is -3.41. The van der Waals surface area contributed by atoms with Crippen LogP contribution in [0.15, 0.2) is 73.4 Å². The summed E-state index contributed by atoms with van der Waals surface area (Å²) in [6, 6.07) is 10.0. The van der Waals surface area contributed by atoms with Gasteiger partial charge in [0.05, 0.1) is 7.11 Å². The molecule has 0 saturated heterocycles. The fourth-order valence-corrected chi connectivity index (χ4v) is 2.14. The molecule has 2 N–H and O–H groups in total. The van der Waals surface area contributed by atoms with Gasteiger partial charge in [0, 0.05) is 16.7 Å². The Bertz CT molecular complexity index is 765. The lowest BCUT2D eigenvalue weighted by Gasteiger charge is -2.13. The van der Waals surface area contributed by atoms with Crippen molar-refractivity contribution in [1.29, 1.82) is 0 Å². The van der Waals surface area contributed by atoms with E-state index in [1.165, 1.54) is 32.4 Å². The topological polar surface area (TPSA) is 101 Å². The van der Waals surface area contributed by atoms with E-state index >= 15 is 0 Å². The summed E-state index contributed by atoms with van der Waals surface area (Å²) in [4.78, 5) is 30.3. The van der Waals surface area contributed by atoms with E-state index in [1.54, 1.807) is 6.92 Å². The van der Waals surface area contributed by atoms with E-state index in [2.05, 4.69) is 44.9 Å². The average Bonchev–Trinajstić information content (AvgIpc) is 2.82. The molecule has 0 spiro atoms. The standard InChI is InChI=1S/C11H20O2.C8H8.C5H8O2.C4H6O2/c1-4-6-7-10(5-2)8-9(3)11(12)13;1-2-8-6-4-3-5-7-8;1-4(2)5(6)7-3;1-3(2)4(5)6/h10H,3-8H2,1-2H3,(H,12,13);2-7H,1H2;1H2,2-3H3;1H2,2H3,(H,5,6)/t10-;;;/m1.../s1. The number of hydrogen-bond acceptors (Lipinski definition) is 4. The van der Waals surface area contributed by atoms with Crippen LogP contribution >= 0.6 is 0 Å². The minimum atomic E-state index is -0.935. The van der Waals surface area contributed by atoms with Crippen molar-refractivity contribution in [2.24, 2.45) is 5.92 Å². The van der Waals surface area contributed by atoms with Gasteiger partial charge in [0.15, 0.2) is 0 Å². The van der Waals surface area contributed by atoms with Gasteiger partial charge in [-0.3, -0.25) is 0 Å². The van der Waals surface area contributed by atoms with Crippen LogP contribution in [0.5, 0.6) is 0 Å². The van der Waals surface area contributed by atoms with Crippen molar-refractivity contribution in [2.75, 3.05) is 7.11 Å². The van der Waals surface area contributed by atoms with E-state index < -0.39 is 11.9 Å². The highest BCUT2D eigenvalue weighted by atomic mass is 16.5. The van der Waals surface area contributed by atoms with Crippen LogP contribution in [0.3, 0.4) is 0 Å². The van der Waals surface area contributed by atoms with Gasteiger partial charge in [-0.05, 0) is 31.7 Å². The first kappa shape index (κ1) is 35.2. The number of carbonyl (C=O) groups is 3. The molecule has 0 saturated carbocycles. The fourth-order valence-electron chi connectivity index (χ4n) is 2.14. The highest BCUT2D eigenvalue weighted by Crippen LogP contribution is 2.20. The van der Waals surface area contributed by atoms with Crippen molar-refractivity contribution >= 4 is 24.0 Å². The Kier molecular flexibility index (Phi) is 23.6. The van der Waals surface area contributed by atoms with Crippen molar-refractivity contribution in [3.05, 3.63) is 78.9 Å². The van der Waals surface area contributed by atoms with Gasteiger partial charge >= 0.3 is 17.9 Å². The van der Waals surface area contributed by atoms with Crippen LogP contribution < -0.4 is 0 Å². The first-order valence-electron chi connectivity index (χ1n) is 11.1. The summed E-state index contributed by atoms with van der Waals surface area (Å²) in [5, 5.41) is 16.5. The number of aliphatic carboxylic acids is 2. The molecule has 34 heavy (non-hydrogen) atoms. The number of hydrogen-bond donors (Lipinski definition) is 2. The van der Waals surface area contributed by atoms with Crippen LogP contribution in [0.2, 0.25) is 0 Å². The Morgan fingerprint density at radius 3 is 1.71 bits per heavy atom. The molecule has 6 nitrogen and oxygen atoms in total. The number of carbonyl (C=O) groups excluding carboxylic acids is 1. The SMILES string of the molecule is C=C(C)C(=O)O.C=C(C)C(=O)OC.C=C(C[C@H](CC)CCCC)C(=O)O.C=Cc1ccccc1. The van der Waals surface area contributed by atoms with Crippen molar-refractivity contribution in [3.63, 3.8) is 0 Å². The lowest BCUT2D eigenvalue weighted by Crippen LogP contribution is -2.06. The van der Waals surface area contributed by atoms with Crippen LogP contribution in [0.25, 0.3) is 6.08 Å². The number of benzene rings is 1. The van der Waals surface area contributed by atoms with E-state index in [0.29, 0.717) is 23.5 Å². The number of ether oxygens (including phenoxy) is 1. The number of esters is 1. The molecule has 0 aliphatic carbocycles. The van der Waals surface area contributed by atoms with Gasteiger partial charge in [-0.25, -0.2) is 14.4 Å². The van der Waals surface area contributed by atoms with Gasteiger partial charge in [0.2, 0.25) is 0 Å². The molecule has 0 aliphatic rings. The van der Waals surface area contributed by atoms with E-state index in [-0.39, 0.29) is 11.5 Å². The third-order valence-corrected chi connectivity index (χ3v) is 4.32. The summed E-state index contributed by atoms with van der Waals surface area (Å²) in [6.45, 7) is 21.0. The summed E-state index contributed by atoms with van der Waals surface area (Å²) in [6.07, 6.45) is 7.01. The zero-order valence-corrected chi connectivity index (χ0v) is 21.4. The molecule has 0 aromatic heterocycles. The highest BCUT2D eigenvalue weighted by Gasteiger charge is 2.11. The second-order valence-electron chi connectivity index (χ2n) is 7.50. The molecule has 190 valence electrons. The Labute approximate surface area is 205 Å². The summed E-state index contributed by atoms with van der Waals surface area (Å²) >= 11 is 0. The van der Waals surface area contributed by atoms with Crippen LogP contribution in [0.1, 0.15) is 65.4 Å². The Morgan fingerprint density at radius 1 is 0.971 bits per heavy atom. The maximum atomic E-state index is 10.5. The molecule has 0 heterocycles. The number of carboxylic acids is 2. The zero-order valence-electron chi connectivity index (χ0n) is 21.4. The Balaban J connectivity index is -0.000000397. The first-order chi connectivity index (χ1) is 15.9. The molecule has 0 bridgehead atoms. The minimum Gasteiger partial charge on any atom is -0.478 e. The van der Waals surface area contributed by atoms with Gasteiger partial charge in [0.1, 0.15) is 0 Å². The monoisotopic (exact) mass is 474 g/mol. The molecule has 0 fully saturated rings. The first-order valence-corrected chi connectivity index (χ1v) is 11.1.